The Morgan fingerprint density at radius 2 is 2.05 bits per heavy atom. The van der Waals surface area contributed by atoms with Crippen LogP contribution in [0, 0.1) is 5.41 Å². The largest absolute Gasteiger partial charge is 0.465 e. The minimum atomic E-state index is -1.03. The molecule has 1 fully saturated rings. The summed E-state index contributed by atoms with van der Waals surface area (Å²) >= 11 is 0. The molecule has 0 heterocycles. The molecule has 5 nitrogen and oxygen atoms in total. The summed E-state index contributed by atoms with van der Waals surface area (Å²) in [5.41, 5.74) is 5.76. The van der Waals surface area contributed by atoms with Crippen LogP contribution in [0.15, 0.2) is 24.3 Å². The number of esters is 1. The third-order valence-electron chi connectivity index (χ3n) is 3.52. The molecular weight excluding hydrogens is 244 g/mol. The molecule has 0 aromatic heterocycles. The molecule has 1 aliphatic carbocycles. The summed E-state index contributed by atoms with van der Waals surface area (Å²) < 4.78 is 5.01. The molecule has 5 heteroatoms. The number of nitrogens with two attached hydrogens (primary N) is 1. The number of anilines is 2. The second kappa shape index (κ2) is 5.30. The van der Waals surface area contributed by atoms with E-state index in [1.807, 2.05) is 0 Å². The van der Waals surface area contributed by atoms with E-state index in [0.717, 1.165) is 6.42 Å². The average molecular weight is 262 g/mol. The van der Waals surface area contributed by atoms with Crippen molar-refractivity contribution in [2.24, 2.45) is 5.41 Å². The van der Waals surface area contributed by atoms with Crippen molar-refractivity contribution >= 4 is 23.3 Å². The number of ether oxygens (including phenoxy) is 1. The summed E-state index contributed by atoms with van der Waals surface area (Å²) in [5.74, 6) is -0.761. The summed E-state index contributed by atoms with van der Waals surface area (Å²) in [6.07, 6.45) is 1.92. The van der Waals surface area contributed by atoms with Crippen molar-refractivity contribution < 1.29 is 14.3 Å². The fourth-order valence-electron chi connectivity index (χ4n) is 2.18. The molecule has 0 bridgehead atoms. The van der Waals surface area contributed by atoms with Gasteiger partial charge >= 0.3 is 5.97 Å². The quantitative estimate of drug-likeness (QED) is 0.493. The topological polar surface area (TPSA) is 81.4 Å². The second-order valence-corrected chi connectivity index (χ2v) is 4.70. The van der Waals surface area contributed by atoms with Gasteiger partial charge < -0.3 is 15.8 Å². The fourth-order valence-corrected chi connectivity index (χ4v) is 2.18. The molecule has 1 aromatic rings. The molecule has 0 unspecified atom stereocenters. The smallest absolute Gasteiger partial charge is 0.321 e. The first kappa shape index (κ1) is 13.4. The highest BCUT2D eigenvalue weighted by Crippen LogP contribution is 2.43. The van der Waals surface area contributed by atoms with Crippen LogP contribution in [-0.2, 0) is 14.3 Å². The van der Waals surface area contributed by atoms with Crippen LogP contribution >= 0.6 is 0 Å². The Bertz CT molecular complexity index is 495. The lowest BCUT2D eigenvalue weighted by atomic mass is 9.68. The number of hydrogen-bond donors (Lipinski definition) is 2. The van der Waals surface area contributed by atoms with Crippen LogP contribution in [0.2, 0.25) is 0 Å². The molecule has 19 heavy (non-hydrogen) atoms. The Kier molecular flexibility index (Phi) is 3.74. The number of amides is 1. The number of benzene rings is 1. The van der Waals surface area contributed by atoms with E-state index in [2.05, 4.69) is 5.32 Å². The lowest BCUT2D eigenvalue weighted by Gasteiger charge is -2.37. The highest BCUT2D eigenvalue weighted by Gasteiger charge is 2.52. The third kappa shape index (κ3) is 2.41. The molecule has 1 aliphatic rings. The first-order chi connectivity index (χ1) is 9.10. The van der Waals surface area contributed by atoms with E-state index < -0.39 is 11.4 Å². The van der Waals surface area contributed by atoms with Gasteiger partial charge in [0, 0.05) is 0 Å². The van der Waals surface area contributed by atoms with Gasteiger partial charge in [-0.1, -0.05) is 18.6 Å². The Balaban J connectivity index is 2.14. The van der Waals surface area contributed by atoms with E-state index >= 15 is 0 Å². The summed E-state index contributed by atoms with van der Waals surface area (Å²) in [6.45, 7) is 2.01. The van der Waals surface area contributed by atoms with E-state index in [1.165, 1.54) is 0 Å². The van der Waals surface area contributed by atoms with E-state index in [-0.39, 0.29) is 12.5 Å². The van der Waals surface area contributed by atoms with E-state index in [1.54, 1.807) is 31.2 Å². The van der Waals surface area contributed by atoms with Gasteiger partial charge in [-0.05, 0) is 31.9 Å². The van der Waals surface area contributed by atoms with Gasteiger partial charge in [-0.2, -0.15) is 0 Å². The van der Waals surface area contributed by atoms with Crippen molar-refractivity contribution in [3.8, 4) is 0 Å². The zero-order valence-corrected chi connectivity index (χ0v) is 10.9. The summed E-state index contributed by atoms with van der Waals surface area (Å²) in [5, 5.41) is 2.73. The predicted molar refractivity (Wildman–Crippen MR) is 72.4 cm³/mol. The van der Waals surface area contributed by atoms with Crippen LogP contribution in [-0.4, -0.2) is 18.5 Å². The Morgan fingerprint density at radius 3 is 2.58 bits per heavy atom. The van der Waals surface area contributed by atoms with Crippen LogP contribution in [0.25, 0.3) is 0 Å². The van der Waals surface area contributed by atoms with Crippen LogP contribution in [0.3, 0.4) is 0 Å². The number of nitrogens with one attached hydrogen (secondary N) is 1. The van der Waals surface area contributed by atoms with Gasteiger partial charge in [-0.25, -0.2) is 0 Å². The minimum absolute atomic E-state index is 0.279. The molecule has 2 rings (SSSR count). The van der Waals surface area contributed by atoms with Crippen LogP contribution in [0.1, 0.15) is 26.2 Å². The normalized spacial score (nSPS) is 16.3. The van der Waals surface area contributed by atoms with Gasteiger partial charge in [0.05, 0.1) is 18.0 Å². The Labute approximate surface area is 112 Å². The molecule has 0 atom stereocenters. The molecule has 0 saturated heterocycles. The van der Waals surface area contributed by atoms with Gasteiger partial charge in [-0.3, -0.25) is 9.59 Å². The molecule has 0 spiro atoms. The standard InChI is InChI=1S/C14H18N2O3/c1-2-19-13(18)14(8-5-9-14)12(17)16-11-7-4-3-6-10(11)15/h3-4,6-7H,2,5,8-9,15H2,1H3,(H,16,17). The van der Waals surface area contributed by atoms with Crippen molar-refractivity contribution in [1.29, 1.82) is 0 Å². The lowest BCUT2D eigenvalue weighted by molar-refractivity contribution is -0.165. The fraction of sp³-hybridized carbons (Fsp3) is 0.429. The van der Waals surface area contributed by atoms with Gasteiger partial charge in [0.15, 0.2) is 0 Å². The average Bonchev–Trinajstić information content (AvgIpc) is 2.31. The Hall–Kier alpha value is -2.04. The number of carbonyl (C=O) groups is 2. The van der Waals surface area contributed by atoms with Crippen molar-refractivity contribution in [2.45, 2.75) is 26.2 Å². The van der Waals surface area contributed by atoms with Crippen LogP contribution < -0.4 is 11.1 Å². The first-order valence-electron chi connectivity index (χ1n) is 6.43. The van der Waals surface area contributed by atoms with Gasteiger partial charge in [0.1, 0.15) is 5.41 Å². The monoisotopic (exact) mass is 262 g/mol. The van der Waals surface area contributed by atoms with Gasteiger partial charge in [0.2, 0.25) is 5.91 Å². The molecule has 1 aromatic carbocycles. The summed E-state index contributed by atoms with van der Waals surface area (Å²) in [7, 11) is 0. The molecule has 1 amide bonds. The summed E-state index contributed by atoms with van der Waals surface area (Å²) in [4.78, 5) is 24.3. The highest BCUT2D eigenvalue weighted by molar-refractivity contribution is 6.10. The Morgan fingerprint density at radius 1 is 1.37 bits per heavy atom. The number of carbonyl (C=O) groups excluding carboxylic acids is 2. The van der Waals surface area contributed by atoms with Crippen LogP contribution in [0.5, 0.6) is 0 Å². The minimum Gasteiger partial charge on any atom is -0.465 e. The molecule has 0 aliphatic heterocycles. The lowest BCUT2D eigenvalue weighted by Crippen LogP contribution is -2.49. The molecular formula is C14H18N2O3. The molecule has 0 radical (unpaired) electrons. The molecule has 102 valence electrons. The van der Waals surface area contributed by atoms with E-state index in [4.69, 9.17) is 10.5 Å². The zero-order valence-electron chi connectivity index (χ0n) is 10.9. The van der Waals surface area contributed by atoms with Gasteiger partial charge in [0.25, 0.3) is 0 Å². The van der Waals surface area contributed by atoms with Crippen LogP contribution in [0.4, 0.5) is 11.4 Å². The summed E-state index contributed by atoms with van der Waals surface area (Å²) in [6, 6.07) is 6.98. The van der Waals surface area contributed by atoms with Gasteiger partial charge in [-0.15, -0.1) is 0 Å². The van der Waals surface area contributed by atoms with Crippen molar-refractivity contribution in [2.75, 3.05) is 17.7 Å². The number of para-hydroxylation sites is 2. The second-order valence-electron chi connectivity index (χ2n) is 4.70. The number of nitrogen functional groups attached to an aromatic ring is 1. The molecule has 3 N–H and O–H groups in total. The van der Waals surface area contributed by atoms with Crippen molar-refractivity contribution in [1.82, 2.24) is 0 Å². The van der Waals surface area contributed by atoms with E-state index in [0.29, 0.717) is 24.2 Å². The zero-order chi connectivity index (χ0) is 13.9. The SMILES string of the molecule is CCOC(=O)C1(C(=O)Nc2ccccc2N)CCC1. The first-order valence-corrected chi connectivity index (χ1v) is 6.43. The highest BCUT2D eigenvalue weighted by atomic mass is 16.5. The third-order valence-corrected chi connectivity index (χ3v) is 3.52. The number of rotatable bonds is 4. The predicted octanol–water partition coefficient (Wildman–Crippen LogP) is 1.94. The van der Waals surface area contributed by atoms with Crippen molar-refractivity contribution in [3.63, 3.8) is 0 Å². The maximum Gasteiger partial charge on any atom is 0.321 e. The van der Waals surface area contributed by atoms with Crippen molar-refractivity contribution in [3.05, 3.63) is 24.3 Å². The number of hydrogen-bond acceptors (Lipinski definition) is 4. The maximum atomic E-state index is 12.3. The van der Waals surface area contributed by atoms with E-state index in [9.17, 15) is 9.59 Å². The maximum absolute atomic E-state index is 12.3. The molecule has 1 saturated carbocycles.